The SMILES string of the molecule is Cc1ccc(CN2CCC3(CC2)CN(C(=O)Nc2cccc(C)c2)c2ccc(F)cc23)cc1. The normalized spacial score (nSPS) is 17.2. The fourth-order valence-corrected chi connectivity index (χ4v) is 5.25. The van der Waals surface area contributed by atoms with E-state index in [1.54, 1.807) is 17.0 Å². The van der Waals surface area contributed by atoms with E-state index in [0.29, 0.717) is 6.54 Å². The van der Waals surface area contributed by atoms with Gasteiger partial charge in [0.1, 0.15) is 5.82 Å². The van der Waals surface area contributed by atoms with Crippen LogP contribution in [0.4, 0.5) is 20.6 Å². The predicted octanol–water partition coefficient (Wildman–Crippen LogP) is 6.03. The predicted molar refractivity (Wildman–Crippen MR) is 131 cm³/mol. The van der Waals surface area contributed by atoms with Crippen LogP contribution < -0.4 is 10.2 Å². The van der Waals surface area contributed by atoms with Gasteiger partial charge < -0.3 is 5.32 Å². The Bertz CT molecular complexity index is 1170. The molecular formula is C28H30FN3O. The Balaban J connectivity index is 1.34. The monoisotopic (exact) mass is 443 g/mol. The highest BCUT2D eigenvalue weighted by molar-refractivity contribution is 6.03. The topological polar surface area (TPSA) is 35.6 Å². The van der Waals surface area contributed by atoms with Crippen LogP contribution in [0.25, 0.3) is 0 Å². The zero-order valence-corrected chi connectivity index (χ0v) is 19.3. The van der Waals surface area contributed by atoms with Crippen LogP contribution in [0.15, 0.2) is 66.7 Å². The molecule has 33 heavy (non-hydrogen) atoms. The number of carbonyl (C=O) groups excluding carboxylic acids is 1. The number of anilines is 2. The molecule has 1 fully saturated rings. The Morgan fingerprint density at radius 3 is 2.45 bits per heavy atom. The molecule has 2 aliphatic rings. The van der Waals surface area contributed by atoms with Gasteiger partial charge in [-0.05, 0) is 86.8 Å². The summed E-state index contributed by atoms with van der Waals surface area (Å²) in [4.78, 5) is 17.5. The Morgan fingerprint density at radius 2 is 1.73 bits per heavy atom. The van der Waals surface area contributed by atoms with Gasteiger partial charge in [-0.15, -0.1) is 0 Å². The summed E-state index contributed by atoms with van der Waals surface area (Å²) in [5.74, 6) is -0.240. The summed E-state index contributed by atoms with van der Waals surface area (Å²) in [6.07, 6.45) is 1.81. The molecule has 1 saturated heterocycles. The number of benzene rings is 3. The Kier molecular flexibility index (Phi) is 5.67. The number of fused-ring (bicyclic) bond motifs is 2. The van der Waals surface area contributed by atoms with Crippen molar-refractivity contribution in [2.75, 3.05) is 29.9 Å². The summed E-state index contributed by atoms with van der Waals surface area (Å²) in [6.45, 7) is 7.47. The number of rotatable bonds is 3. The van der Waals surface area contributed by atoms with Gasteiger partial charge in [0.2, 0.25) is 0 Å². The second kappa shape index (κ2) is 8.64. The number of aryl methyl sites for hydroxylation is 2. The Labute approximate surface area is 195 Å². The number of carbonyl (C=O) groups is 1. The van der Waals surface area contributed by atoms with E-state index in [2.05, 4.69) is 41.4 Å². The first-order valence-corrected chi connectivity index (χ1v) is 11.7. The molecule has 5 rings (SSSR count). The molecule has 2 heterocycles. The number of likely N-dealkylation sites (tertiary alicyclic amines) is 1. The quantitative estimate of drug-likeness (QED) is 0.537. The van der Waals surface area contributed by atoms with Crippen molar-refractivity contribution in [2.24, 2.45) is 0 Å². The zero-order valence-electron chi connectivity index (χ0n) is 19.3. The van der Waals surface area contributed by atoms with Crippen molar-refractivity contribution in [2.45, 2.75) is 38.6 Å². The molecule has 1 N–H and O–H groups in total. The number of hydrogen-bond donors (Lipinski definition) is 1. The van der Waals surface area contributed by atoms with Crippen molar-refractivity contribution in [1.29, 1.82) is 0 Å². The van der Waals surface area contributed by atoms with E-state index in [9.17, 15) is 9.18 Å². The van der Waals surface area contributed by atoms with Gasteiger partial charge in [0.05, 0.1) is 0 Å². The van der Waals surface area contributed by atoms with Crippen LogP contribution in [0.2, 0.25) is 0 Å². The van der Waals surface area contributed by atoms with Crippen LogP contribution in [0, 0.1) is 19.7 Å². The maximum absolute atomic E-state index is 14.3. The van der Waals surface area contributed by atoms with E-state index >= 15 is 0 Å². The molecule has 0 saturated carbocycles. The molecule has 3 aromatic rings. The third-order valence-electron chi connectivity index (χ3n) is 7.14. The van der Waals surface area contributed by atoms with Gasteiger partial charge in [-0.2, -0.15) is 0 Å². The maximum Gasteiger partial charge on any atom is 0.326 e. The molecule has 3 aromatic carbocycles. The summed E-state index contributed by atoms with van der Waals surface area (Å²) in [6, 6.07) is 21.2. The van der Waals surface area contributed by atoms with Crippen molar-refractivity contribution in [1.82, 2.24) is 4.90 Å². The number of nitrogens with zero attached hydrogens (tertiary/aromatic N) is 2. The van der Waals surface area contributed by atoms with Crippen LogP contribution in [0.3, 0.4) is 0 Å². The van der Waals surface area contributed by atoms with E-state index in [1.165, 1.54) is 17.2 Å². The fraction of sp³-hybridized carbons (Fsp3) is 0.321. The molecule has 0 radical (unpaired) electrons. The first-order chi connectivity index (χ1) is 15.9. The summed E-state index contributed by atoms with van der Waals surface area (Å²) >= 11 is 0. The fourth-order valence-electron chi connectivity index (χ4n) is 5.25. The zero-order chi connectivity index (χ0) is 23.0. The number of urea groups is 1. The van der Waals surface area contributed by atoms with Crippen LogP contribution in [0.5, 0.6) is 0 Å². The molecule has 1 spiro atoms. The van der Waals surface area contributed by atoms with Gasteiger partial charge in [-0.25, -0.2) is 9.18 Å². The molecule has 0 bridgehead atoms. The largest absolute Gasteiger partial charge is 0.326 e. The van der Waals surface area contributed by atoms with Gasteiger partial charge in [-0.1, -0.05) is 42.0 Å². The number of hydrogen-bond acceptors (Lipinski definition) is 2. The Morgan fingerprint density at radius 1 is 0.970 bits per heavy atom. The summed E-state index contributed by atoms with van der Waals surface area (Å²) < 4.78 is 14.3. The average Bonchev–Trinajstić information content (AvgIpc) is 3.10. The third kappa shape index (κ3) is 4.38. The maximum atomic E-state index is 14.3. The number of piperidine rings is 1. The summed E-state index contributed by atoms with van der Waals surface area (Å²) in [5.41, 5.74) is 6.04. The number of nitrogens with one attached hydrogen (secondary N) is 1. The van der Waals surface area contributed by atoms with Crippen LogP contribution in [-0.2, 0) is 12.0 Å². The van der Waals surface area contributed by atoms with Gasteiger partial charge in [0, 0.05) is 29.9 Å². The summed E-state index contributed by atoms with van der Waals surface area (Å²) in [7, 11) is 0. The van der Waals surface area contributed by atoms with Crippen molar-refractivity contribution >= 4 is 17.4 Å². The molecule has 2 aliphatic heterocycles. The average molecular weight is 444 g/mol. The van der Waals surface area contributed by atoms with Crippen molar-refractivity contribution < 1.29 is 9.18 Å². The molecule has 5 heteroatoms. The van der Waals surface area contributed by atoms with Crippen molar-refractivity contribution in [3.05, 3.63) is 94.8 Å². The first-order valence-electron chi connectivity index (χ1n) is 11.7. The second-order valence-corrected chi connectivity index (χ2v) is 9.59. The summed E-state index contributed by atoms with van der Waals surface area (Å²) in [5, 5.41) is 3.03. The van der Waals surface area contributed by atoms with Gasteiger partial charge in [0.25, 0.3) is 0 Å². The number of halogens is 1. The highest BCUT2D eigenvalue weighted by Gasteiger charge is 2.46. The van der Waals surface area contributed by atoms with Gasteiger partial charge in [0.15, 0.2) is 0 Å². The molecule has 0 unspecified atom stereocenters. The van der Waals surface area contributed by atoms with E-state index in [1.807, 2.05) is 31.2 Å². The van der Waals surface area contributed by atoms with E-state index in [0.717, 1.165) is 55.0 Å². The lowest BCUT2D eigenvalue weighted by Gasteiger charge is -2.40. The third-order valence-corrected chi connectivity index (χ3v) is 7.14. The standard InChI is InChI=1S/C28H30FN3O/c1-20-6-8-22(9-7-20)18-31-14-12-28(13-15-31)19-32(26-11-10-23(29)17-25(26)28)27(33)30-24-5-3-4-21(2)16-24/h3-11,16-17H,12-15,18-19H2,1-2H3,(H,30,33). The molecule has 2 amide bonds. The highest BCUT2D eigenvalue weighted by atomic mass is 19.1. The molecule has 170 valence electrons. The second-order valence-electron chi connectivity index (χ2n) is 9.59. The Hall–Kier alpha value is -3.18. The lowest BCUT2D eigenvalue weighted by molar-refractivity contribution is 0.160. The lowest BCUT2D eigenvalue weighted by atomic mass is 9.74. The minimum absolute atomic E-state index is 0.160. The first kappa shape index (κ1) is 21.7. The lowest BCUT2D eigenvalue weighted by Crippen LogP contribution is -2.46. The van der Waals surface area contributed by atoms with Crippen molar-refractivity contribution in [3.8, 4) is 0 Å². The van der Waals surface area contributed by atoms with E-state index in [-0.39, 0.29) is 17.3 Å². The molecule has 0 aliphatic carbocycles. The smallest absolute Gasteiger partial charge is 0.308 e. The highest BCUT2D eigenvalue weighted by Crippen LogP contribution is 2.47. The van der Waals surface area contributed by atoms with Crippen LogP contribution >= 0.6 is 0 Å². The van der Waals surface area contributed by atoms with Crippen LogP contribution in [-0.4, -0.2) is 30.6 Å². The molecule has 0 atom stereocenters. The molecule has 4 nitrogen and oxygen atoms in total. The molecule has 0 aromatic heterocycles. The van der Waals surface area contributed by atoms with Crippen LogP contribution in [0.1, 0.15) is 35.1 Å². The minimum Gasteiger partial charge on any atom is -0.308 e. The number of amides is 2. The van der Waals surface area contributed by atoms with Gasteiger partial charge >= 0.3 is 6.03 Å². The van der Waals surface area contributed by atoms with E-state index in [4.69, 9.17) is 0 Å². The van der Waals surface area contributed by atoms with E-state index < -0.39 is 0 Å². The van der Waals surface area contributed by atoms with Crippen molar-refractivity contribution in [3.63, 3.8) is 0 Å². The molecular weight excluding hydrogens is 413 g/mol. The minimum atomic E-state index is -0.240. The van der Waals surface area contributed by atoms with Gasteiger partial charge in [-0.3, -0.25) is 9.80 Å².